The molecule has 1 aromatic carbocycles. The summed E-state index contributed by atoms with van der Waals surface area (Å²) in [6, 6.07) is 9.92. The molecule has 0 saturated heterocycles. The number of fused-ring (bicyclic) bond motifs is 1. The summed E-state index contributed by atoms with van der Waals surface area (Å²) in [6.45, 7) is 0. The van der Waals surface area contributed by atoms with Crippen molar-refractivity contribution in [2.45, 2.75) is 37.8 Å². The smallest absolute Gasteiger partial charge is 0.148 e. The summed E-state index contributed by atoms with van der Waals surface area (Å²) in [7, 11) is 0. The van der Waals surface area contributed by atoms with Crippen LogP contribution in [0.15, 0.2) is 30.5 Å². The molecule has 1 aliphatic carbocycles. The van der Waals surface area contributed by atoms with E-state index < -0.39 is 0 Å². The minimum absolute atomic E-state index is 0.0124. The summed E-state index contributed by atoms with van der Waals surface area (Å²) in [5.74, 6) is 0.625. The van der Waals surface area contributed by atoms with Crippen LogP contribution in [0.1, 0.15) is 31.2 Å². The van der Waals surface area contributed by atoms with E-state index in [-0.39, 0.29) is 12.1 Å². The highest BCUT2D eigenvalue weighted by atomic mass is 16.5. The molecule has 20 heavy (non-hydrogen) atoms. The lowest BCUT2D eigenvalue weighted by Crippen LogP contribution is -2.41. The van der Waals surface area contributed by atoms with Gasteiger partial charge in [0, 0.05) is 17.6 Å². The van der Waals surface area contributed by atoms with E-state index in [1.807, 2.05) is 24.3 Å². The molecular formula is C16H17N3O. The van der Waals surface area contributed by atoms with E-state index in [9.17, 15) is 5.26 Å². The summed E-state index contributed by atoms with van der Waals surface area (Å²) in [5, 5.41) is 10.2. The predicted octanol–water partition coefficient (Wildman–Crippen LogP) is 2.76. The van der Waals surface area contributed by atoms with Crippen molar-refractivity contribution < 1.29 is 4.74 Å². The zero-order chi connectivity index (χ0) is 13.9. The van der Waals surface area contributed by atoms with E-state index in [0.717, 1.165) is 36.6 Å². The van der Waals surface area contributed by atoms with Crippen molar-refractivity contribution in [2.75, 3.05) is 0 Å². The molecule has 1 aliphatic rings. The van der Waals surface area contributed by atoms with Crippen molar-refractivity contribution in [1.82, 2.24) is 4.98 Å². The van der Waals surface area contributed by atoms with Crippen LogP contribution >= 0.6 is 0 Å². The average Bonchev–Trinajstić information content (AvgIpc) is 2.50. The average molecular weight is 267 g/mol. The number of nitrogens with zero attached hydrogens (tertiary/aromatic N) is 2. The van der Waals surface area contributed by atoms with Gasteiger partial charge in [-0.3, -0.25) is 4.98 Å². The molecule has 1 fully saturated rings. The number of hydrogen-bond acceptors (Lipinski definition) is 4. The second kappa shape index (κ2) is 5.48. The number of benzene rings is 1. The first kappa shape index (κ1) is 12.9. The molecule has 0 amide bonds. The van der Waals surface area contributed by atoms with Gasteiger partial charge >= 0.3 is 0 Å². The fourth-order valence-corrected chi connectivity index (χ4v) is 2.75. The molecule has 0 spiro atoms. The first-order chi connectivity index (χ1) is 9.79. The monoisotopic (exact) mass is 267 g/mol. The Bertz CT molecular complexity index is 662. The summed E-state index contributed by atoms with van der Waals surface area (Å²) >= 11 is 0. The van der Waals surface area contributed by atoms with Crippen LogP contribution in [0, 0.1) is 11.3 Å². The molecule has 2 N–H and O–H groups in total. The fraction of sp³-hybridized carbons (Fsp3) is 0.375. The maximum absolute atomic E-state index is 9.27. The summed E-state index contributed by atoms with van der Waals surface area (Å²) < 4.78 is 6.12. The highest BCUT2D eigenvalue weighted by Gasteiger charge is 2.25. The van der Waals surface area contributed by atoms with Gasteiger partial charge in [-0.05, 0) is 31.4 Å². The normalized spacial score (nSPS) is 22.4. The number of nitrogens with two attached hydrogens (primary N) is 1. The van der Waals surface area contributed by atoms with Crippen molar-refractivity contribution in [2.24, 2.45) is 5.73 Å². The minimum Gasteiger partial charge on any atom is -0.487 e. The third-order valence-electron chi connectivity index (χ3n) is 3.87. The molecule has 2 unspecified atom stereocenters. The van der Waals surface area contributed by atoms with Crippen LogP contribution in [0.2, 0.25) is 0 Å². The fourth-order valence-electron chi connectivity index (χ4n) is 2.75. The molecule has 0 radical (unpaired) electrons. The lowest BCUT2D eigenvalue weighted by Gasteiger charge is -2.29. The molecule has 1 aromatic heterocycles. The van der Waals surface area contributed by atoms with Crippen LogP contribution in [0.4, 0.5) is 0 Å². The van der Waals surface area contributed by atoms with Gasteiger partial charge in [-0.2, -0.15) is 5.26 Å². The van der Waals surface area contributed by atoms with Gasteiger partial charge in [-0.25, -0.2) is 0 Å². The number of pyridine rings is 1. The Kier molecular flexibility index (Phi) is 3.53. The summed E-state index contributed by atoms with van der Waals surface area (Å²) in [4.78, 5) is 4.29. The van der Waals surface area contributed by atoms with Crippen LogP contribution in [-0.4, -0.2) is 17.1 Å². The molecule has 0 aliphatic heterocycles. The zero-order valence-electron chi connectivity index (χ0n) is 11.2. The Labute approximate surface area is 118 Å². The lowest BCUT2D eigenvalue weighted by atomic mass is 9.93. The van der Waals surface area contributed by atoms with E-state index in [0.29, 0.717) is 11.3 Å². The van der Waals surface area contributed by atoms with Crippen molar-refractivity contribution in [3.8, 4) is 11.8 Å². The van der Waals surface area contributed by atoms with Crippen LogP contribution in [0.3, 0.4) is 0 Å². The second-order valence-electron chi connectivity index (χ2n) is 5.23. The molecule has 0 bridgehead atoms. The van der Waals surface area contributed by atoms with E-state index in [1.54, 1.807) is 6.20 Å². The van der Waals surface area contributed by atoms with Crippen molar-refractivity contribution in [3.63, 3.8) is 0 Å². The van der Waals surface area contributed by atoms with Gasteiger partial charge in [-0.15, -0.1) is 0 Å². The highest BCUT2D eigenvalue weighted by Crippen LogP contribution is 2.31. The molecular weight excluding hydrogens is 250 g/mol. The van der Waals surface area contributed by atoms with Gasteiger partial charge in [0.25, 0.3) is 0 Å². The standard InChI is InChI=1S/C16H17N3O/c17-9-11-10-19-14-7-3-1-5-12(14)16(11)20-15-8-4-2-6-13(15)18/h1,3,5,7,10,13,15H,2,4,6,8,18H2. The summed E-state index contributed by atoms with van der Waals surface area (Å²) in [6.07, 6.45) is 5.78. The minimum atomic E-state index is -0.0124. The van der Waals surface area contributed by atoms with Gasteiger partial charge in [0.2, 0.25) is 0 Å². The van der Waals surface area contributed by atoms with Crippen molar-refractivity contribution >= 4 is 10.9 Å². The number of para-hydroxylation sites is 1. The number of aromatic nitrogens is 1. The first-order valence-electron chi connectivity index (χ1n) is 6.99. The molecule has 102 valence electrons. The quantitative estimate of drug-likeness (QED) is 0.908. The van der Waals surface area contributed by atoms with Crippen molar-refractivity contribution in [1.29, 1.82) is 5.26 Å². The Morgan fingerprint density at radius 2 is 2.05 bits per heavy atom. The van der Waals surface area contributed by atoms with E-state index in [4.69, 9.17) is 10.5 Å². The van der Waals surface area contributed by atoms with Gasteiger partial charge in [0.05, 0.1) is 5.52 Å². The van der Waals surface area contributed by atoms with E-state index >= 15 is 0 Å². The number of nitriles is 1. The maximum Gasteiger partial charge on any atom is 0.148 e. The Morgan fingerprint density at radius 1 is 1.25 bits per heavy atom. The van der Waals surface area contributed by atoms with Crippen LogP contribution in [0.5, 0.6) is 5.75 Å². The second-order valence-corrected chi connectivity index (χ2v) is 5.23. The van der Waals surface area contributed by atoms with Gasteiger partial charge in [-0.1, -0.05) is 18.6 Å². The Balaban J connectivity index is 2.02. The zero-order valence-corrected chi connectivity index (χ0v) is 11.2. The first-order valence-corrected chi connectivity index (χ1v) is 6.99. The molecule has 1 heterocycles. The Hall–Kier alpha value is -2.12. The van der Waals surface area contributed by atoms with Crippen molar-refractivity contribution in [3.05, 3.63) is 36.0 Å². The topological polar surface area (TPSA) is 71.9 Å². The largest absolute Gasteiger partial charge is 0.487 e. The molecule has 1 saturated carbocycles. The Morgan fingerprint density at radius 3 is 2.85 bits per heavy atom. The molecule has 3 rings (SSSR count). The highest BCUT2D eigenvalue weighted by molar-refractivity contribution is 5.87. The number of rotatable bonds is 2. The number of hydrogen-bond donors (Lipinski definition) is 1. The third kappa shape index (κ3) is 2.33. The molecule has 2 aromatic rings. The SMILES string of the molecule is N#Cc1cnc2ccccc2c1OC1CCCCC1N. The molecule has 4 heteroatoms. The van der Waals surface area contributed by atoms with E-state index in [2.05, 4.69) is 11.1 Å². The van der Waals surface area contributed by atoms with Gasteiger partial charge < -0.3 is 10.5 Å². The summed E-state index contributed by atoms with van der Waals surface area (Å²) in [5.41, 5.74) is 7.45. The van der Waals surface area contributed by atoms with E-state index in [1.165, 1.54) is 0 Å². The predicted molar refractivity (Wildman–Crippen MR) is 77.3 cm³/mol. The van der Waals surface area contributed by atoms with Crippen LogP contribution in [0.25, 0.3) is 10.9 Å². The molecule has 2 atom stereocenters. The lowest BCUT2D eigenvalue weighted by molar-refractivity contribution is 0.134. The van der Waals surface area contributed by atoms with Gasteiger partial charge in [0.15, 0.2) is 0 Å². The third-order valence-corrected chi connectivity index (χ3v) is 3.87. The molecule has 4 nitrogen and oxygen atoms in total. The van der Waals surface area contributed by atoms with Crippen LogP contribution < -0.4 is 10.5 Å². The maximum atomic E-state index is 9.27. The van der Waals surface area contributed by atoms with Gasteiger partial charge in [0.1, 0.15) is 23.5 Å². The number of ether oxygens (including phenoxy) is 1. The van der Waals surface area contributed by atoms with Crippen LogP contribution in [-0.2, 0) is 0 Å².